The van der Waals surface area contributed by atoms with Gasteiger partial charge in [-0.1, -0.05) is 6.07 Å². The predicted octanol–water partition coefficient (Wildman–Crippen LogP) is 3.58. The Morgan fingerprint density at radius 1 is 1.25 bits per heavy atom. The molecule has 10 heteroatoms. The van der Waals surface area contributed by atoms with E-state index in [-0.39, 0.29) is 30.1 Å². The van der Waals surface area contributed by atoms with Gasteiger partial charge in [-0.3, -0.25) is 0 Å². The van der Waals surface area contributed by atoms with Crippen LogP contribution in [-0.4, -0.2) is 47.2 Å². The van der Waals surface area contributed by atoms with Crippen molar-refractivity contribution in [1.29, 1.82) is 0 Å². The topological polar surface area (TPSA) is 76.6 Å². The molecule has 2 heterocycles. The molecular formula is C18H19F3N4O3. The number of nitrogens with one attached hydrogen (secondary N) is 1. The van der Waals surface area contributed by atoms with Crippen molar-refractivity contribution in [2.75, 3.05) is 25.5 Å². The quantitative estimate of drug-likeness (QED) is 0.855. The maximum absolute atomic E-state index is 12.8. The first-order valence-corrected chi connectivity index (χ1v) is 8.61. The molecule has 28 heavy (non-hydrogen) atoms. The SMILES string of the molecule is COc1nccnc1OC1CCCN(C(=O)Nc2cccc(C(F)(F)F)c2)C1. The highest BCUT2D eigenvalue weighted by Gasteiger charge is 2.31. The molecule has 1 aromatic heterocycles. The molecule has 1 saturated heterocycles. The highest BCUT2D eigenvalue weighted by Crippen LogP contribution is 2.31. The lowest BCUT2D eigenvalue weighted by molar-refractivity contribution is -0.137. The van der Waals surface area contributed by atoms with E-state index in [1.807, 2.05) is 0 Å². The Hall–Kier alpha value is -3.04. The normalized spacial score (nSPS) is 17.1. The van der Waals surface area contributed by atoms with E-state index in [0.29, 0.717) is 19.4 Å². The summed E-state index contributed by atoms with van der Waals surface area (Å²) in [6.07, 6.45) is -0.469. The van der Waals surface area contributed by atoms with Crippen LogP contribution in [0.4, 0.5) is 23.7 Å². The van der Waals surface area contributed by atoms with Gasteiger partial charge in [0, 0.05) is 24.6 Å². The monoisotopic (exact) mass is 396 g/mol. The molecule has 3 rings (SSSR count). The van der Waals surface area contributed by atoms with Crippen molar-refractivity contribution in [3.63, 3.8) is 0 Å². The van der Waals surface area contributed by atoms with E-state index < -0.39 is 17.8 Å². The van der Waals surface area contributed by atoms with Crippen LogP contribution in [-0.2, 0) is 6.18 Å². The van der Waals surface area contributed by atoms with E-state index in [4.69, 9.17) is 9.47 Å². The average Bonchev–Trinajstić information content (AvgIpc) is 2.68. The first-order valence-electron chi connectivity index (χ1n) is 8.61. The number of halogens is 3. The van der Waals surface area contributed by atoms with E-state index in [1.54, 1.807) is 0 Å². The van der Waals surface area contributed by atoms with Crippen LogP contribution < -0.4 is 14.8 Å². The average molecular weight is 396 g/mol. The molecular weight excluding hydrogens is 377 g/mol. The number of piperidine rings is 1. The molecule has 2 amide bonds. The molecule has 150 valence electrons. The molecule has 0 bridgehead atoms. The van der Waals surface area contributed by atoms with Crippen molar-refractivity contribution in [2.24, 2.45) is 0 Å². The fraction of sp³-hybridized carbons (Fsp3) is 0.389. The number of aromatic nitrogens is 2. The number of methoxy groups -OCH3 is 1. The number of anilines is 1. The fourth-order valence-electron chi connectivity index (χ4n) is 2.89. The van der Waals surface area contributed by atoms with E-state index in [1.165, 1.54) is 36.5 Å². The van der Waals surface area contributed by atoms with Gasteiger partial charge in [-0.15, -0.1) is 0 Å². The second-order valence-corrected chi connectivity index (χ2v) is 6.21. The van der Waals surface area contributed by atoms with Crippen molar-refractivity contribution >= 4 is 11.7 Å². The summed E-state index contributed by atoms with van der Waals surface area (Å²) in [7, 11) is 1.45. The minimum absolute atomic E-state index is 0.0819. The van der Waals surface area contributed by atoms with Gasteiger partial charge in [0.2, 0.25) is 0 Å². The van der Waals surface area contributed by atoms with Crippen molar-refractivity contribution in [1.82, 2.24) is 14.9 Å². The Balaban J connectivity index is 1.63. The zero-order valence-corrected chi connectivity index (χ0v) is 15.1. The Labute approximate surface area is 159 Å². The molecule has 0 saturated carbocycles. The molecule has 1 aromatic carbocycles. The first kappa shape index (κ1) is 19.7. The highest BCUT2D eigenvalue weighted by atomic mass is 19.4. The Bertz CT molecular complexity index is 832. The summed E-state index contributed by atoms with van der Waals surface area (Å²) in [5, 5.41) is 2.51. The highest BCUT2D eigenvalue weighted by molar-refractivity contribution is 5.89. The summed E-state index contributed by atoms with van der Waals surface area (Å²) in [4.78, 5) is 22.1. The van der Waals surface area contributed by atoms with Crippen LogP contribution in [0.5, 0.6) is 11.8 Å². The van der Waals surface area contributed by atoms with Crippen molar-refractivity contribution in [3.05, 3.63) is 42.2 Å². The molecule has 1 unspecified atom stereocenters. The van der Waals surface area contributed by atoms with Crippen LogP contribution in [0.1, 0.15) is 18.4 Å². The van der Waals surface area contributed by atoms with Crippen LogP contribution in [0, 0.1) is 0 Å². The van der Waals surface area contributed by atoms with Gasteiger partial charge in [0.05, 0.1) is 19.2 Å². The Morgan fingerprint density at radius 2 is 2.00 bits per heavy atom. The number of rotatable bonds is 4. The van der Waals surface area contributed by atoms with Gasteiger partial charge in [-0.2, -0.15) is 13.2 Å². The number of carbonyl (C=O) groups excluding carboxylic acids is 1. The number of benzene rings is 1. The van der Waals surface area contributed by atoms with Crippen molar-refractivity contribution in [2.45, 2.75) is 25.1 Å². The number of likely N-dealkylation sites (tertiary alicyclic amines) is 1. The third kappa shape index (κ3) is 4.81. The summed E-state index contributed by atoms with van der Waals surface area (Å²) in [6, 6.07) is 4.03. The van der Waals surface area contributed by atoms with Crippen molar-refractivity contribution < 1.29 is 27.4 Å². The van der Waals surface area contributed by atoms with Crippen LogP contribution in [0.15, 0.2) is 36.7 Å². The van der Waals surface area contributed by atoms with Gasteiger partial charge >= 0.3 is 12.2 Å². The van der Waals surface area contributed by atoms with E-state index in [9.17, 15) is 18.0 Å². The summed E-state index contributed by atoms with van der Waals surface area (Å²) in [5.74, 6) is 0.475. The molecule has 1 fully saturated rings. The molecule has 1 aliphatic rings. The predicted molar refractivity (Wildman–Crippen MR) is 94.3 cm³/mol. The van der Waals surface area contributed by atoms with Gasteiger partial charge in [0.15, 0.2) is 0 Å². The number of ether oxygens (including phenoxy) is 2. The summed E-state index contributed by atoms with van der Waals surface area (Å²) < 4.78 is 49.4. The number of hydrogen-bond donors (Lipinski definition) is 1. The largest absolute Gasteiger partial charge is 0.477 e. The Morgan fingerprint density at radius 3 is 2.71 bits per heavy atom. The molecule has 1 atom stereocenters. The van der Waals surface area contributed by atoms with Crippen LogP contribution in [0.3, 0.4) is 0 Å². The number of nitrogens with zero attached hydrogens (tertiary/aromatic N) is 3. The van der Waals surface area contributed by atoms with Crippen LogP contribution >= 0.6 is 0 Å². The summed E-state index contributed by atoms with van der Waals surface area (Å²) >= 11 is 0. The lowest BCUT2D eigenvalue weighted by Gasteiger charge is -2.32. The standard InChI is InChI=1S/C18H19F3N4O3/c1-27-15-16(23-8-7-22-15)28-14-6-3-9-25(11-14)17(26)24-13-5-2-4-12(10-13)18(19,20)21/h2,4-5,7-8,10,14H,3,6,9,11H2,1H3,(H,24,26). The second-order valence-electron chi connectivity index (χ2n) is 6.21. The number of carbonyl (C=O) groups is 1. The van der Waals surface area contributed by atoms with Crippen LogP contribution in [0.2, 0.25) is 0 Å². The van der Waals surface area contributed by atoms with E-state index in [2.05, 4.69) is 15.3 Å². The van der Waals surface area contributed by atoms with Crippen LogP contribution in [0.25, 0.3) is 0 Å². The third-order valence-electron chi connectivity index (χ3n) is 4.21. The summed E-state index contributed by atoms with van der Waals surface area (Å²) in [6.45, 7) is 0.743. The number of alkyl halides is 3. The first-order chi connectivity index (χ1) is 13.4. The maximum Gasteiger partial charge on any atom is 0.416 e. The van der Waals surface area contributed by atoms with Gasteiger partial charge in [0.1, 0.15) is 6.10 Å². The van der Waals surface area contributed by atoms with Gasteiger partial charge < -0.3 is 19.7 Å². The van der Waals surface area contributed by atoms with E-state index in [0.717, 1.165) is 12.1 Å². The molecule has 0 radical (unpaired) electrons. The molecule has 0 aliphatic carbocycles. The smallest absolute Gasteiger partial charge is 0.416 e. The third-order valence-corrected chi connectivity index (χ3v) is 4.21. The lowest BCUT2D eigenvalue weighted by Crippen LogP contribution is -2.46. The molecule has 7 nitrogen and oxygen atoms in total. The van der Waals surface area contributed by atoms with Gasteiger partial charge in [-0.25, -0.2) is 14.8 Å². The van der Waals surface area contributed by atoms with Gasteiger partial charge in [0.25, 0.3) is 11.8 Å². The minimum Gasteiger partial charge on any atom is -0.477 e. The molecule has 1 N–H and O–H groups in total. The summed E-state index contributed by atoms with van der Waals surface area (Å²) in [5.41, 5.74) is -0.738. The lowest BCUT2D eigenvalue weighted by atomic mass is 10.1. The second kappa shape index (κ2) is 8.32. The van der Waals surface area contributed by atoms with Gasteiger partial charge in [-0.05, 0) is 31.0 Å². The number of amides is 2. The zero-order valence-electron chi connectivity index (χ0n) is 15.1. The number of hydrogen-bond acceptors (Lipinski definition) is 5. The fourth-order valence-corrected chi connectivity index (χ4v) is 2.89. The Kier molecular flexibility index (Phi) is 5.86. The number of urea groups is 1. The molecule has 1 aliphatic heterocycles. The van der Waals surface area contributed by atoms with E-state index >= 15 is 0 Å². The minimum atomic E-state index is -4.47. The maximum atomic E-state index is 12.8. The molecule has 0 spiro atoms. The zero-order chi connectivity index (χ0) is 20.1. The van der Waals surface area contributed by atoms with Crippen molar-refractivity contribution in [3.8, 4) is 11.8 Å². The molecule has 2 aromatic rings.